The van der Waals surface area contributed by atoms with Crippen molar-refractivity contribution in [3.63, 3.8) is 0 Å². The predicted molar refractivity (Wildman–Crippen MR) is 62.9 cm³/mol. The van der Waals surface area contributed by atoms with E-state index in [9.17, 15) is 0 Å². The molecule has 82 valence electrons. The molecule has 1 aromatic rings. The lowest BCUT2D eigenvalue weighted by atomic mass is 10.0. The summed E-state index contributed by atoms with van der Waals surface area (Å²) < 4.78 is 0. The average Bonchev–Trinajstić information content (AvgIpc) is 2.97. The van der Waals surface area contributed by atoms with Gasteiger partial charge in [0.1, 0.15) is 0 Å². The molecule has 0 aromatic carbocycles. The van der Waals surface area contributed by atoms with Crippen molar-refractivity contribution in [3.05, 3.63) is 29.0 Å². The number of nitrogens with one attached hydrogen (secondary N) is 1. The summed E-state index contributed by atoms with van der Waals surface area (Å²) in [6.45, 7) is 5.41. The van der Waals surface area contributed by atoms with Gasteiger partial charge in [0.15, 0.2) is 0 Å². The Morgan fingerprint density at radius 1 is 1.53 bits per heavy atom. The van der Waals surface area contributed by atoms with Gasteiger partial charge in [-0.15, -0.1) is 0 Å². The fourth-order valence-electron chi connectivity index (χ4n) is 1.65. The molecule has 0 bridgehead atoms. The molecule has 1 N–H and O–H groups in total. The predicted octanol–water partition coefficient (Wildman–Crippen LogP) is 3.01. The molecule has 1 saturated carbocycles. The molecule has 2 nitrogen and oxygen atoms in total. The molecule has 1 heterocycles. The van der Waals surface area contributed by atoms with E-state index >= 15 is 0 Å². The van der Waals surface area contributed by atoms with Crippen molar-refractivity contribution in [2.45, 2.75) is 39.3 Å². The van der Waals surface area contributed by atoms with E-state index in [1.54, 1.807) is 6.20 Å². The van der Waals surface area contributed by atoms with Crippen molar-refractivity contribution >= 4 is 11.6 Å². The van der Waals surface area contributed by atoms with Gasteiger partial charge in [0, 0.05) is 18.8 Å². The third-order valence-electron chi connectivity index (χ3n) is 3.46. The van der Waals surface area contributed by atoms with Crippen LogP contribution in [0.5, 0.6) is 0 Å². The average molecular weight is 225 g/mol. The van der Waals surface area contributed by atoms with E-state index < -0.39 is 0 Å². The first kappa shape index (κ1) is 10.9. The maximum atomic E-state index is 5.77. The second kappa shape index (κ2) is 4.11. The second-order valence-corrected chi connectivity index (χ2v) is 5.16. The van der Waals surface area contributed by atoms with Crippen LogP contribution in [0.15, 0.2) is 18.3 Å². The summed E-state index contributed by atoms with van der Waals surface area (Å²) >= 11 is 5.77. The summed E-state index contributed by atoms with van der Waals surface area (Å²) in [5.41, 5.74) is 1.57. The molecular weight excluding hydrogens is 208 g/mol. The summed E-state index contributed by atoms with van der Waals surface area (Å²) in [5, 5.41) is 4.21. The molecule has 1 aromatic heterocycles. The van der Waals surface area contributed by atoms with Crippen molar-refractivity contribution in [1.29, 1.82) is 0 Å². The van der Waals surface area contributed by atoms with Crippen LogP contribution in [0.1, 0.15) is 32.4 Å². The summed E-state index contributed by atoms with van der Waals surface area (Å²) in [7, 11) is 0. The lowest BCUT2D eigenvalue weighted by Gasteiger charge is -2.20. The third kappa shape index (κ3) is 2.70. The molecule has 0 saturated heterocycles. The number of aromatic nitrogens is 1. The van der Waals surface area contributed by atoms with E-state index in [0.717, 1.165) is 12.2 Å². The number of pyridine rings is 1. The van der Waals surface area contributed by atoms with Crippen molar-refractivity contribution in [1.82, 2.24) is 10.3 Å². The molecule has 3 heteroatoms. The molecule has 1 aliphatic carbocycles. The van der Waals surface area contributed by atoms with Gasteiger partial charge in [-0.2, -0.15) is 0 Å². The van der Waals surface area contributed by atoms with Crippen LogP contribution in [0.4, 0.5) is 0 Å². The van der Waals surface area contributed by atoms with Crippen LogP contribution in [-0.4, -0.2) is 11.0 Å². The molecule has 15 heavy (non-hydrogen) atoms. The van der Waals surface area contributed by atoms with Gasteiger partial charge in [-0.25, -0.2) is 0 Å². The van der Waals surface area contributed by atoms with Crippen LogP contribution in [-0.2, 0) is 6.54 Å². The molecule has 0 amide bonds. The Bertz CT molecular complexity index is 330. The Hall–Kier alpha value is -0.600. The largest absolute Gasteiger partial charge is 0.308 e. The van der Waals surface area contributed by atoms with Gasteiger partial charge in [-0.05, 0) is 37.3 Å². The Kier molecular flexibility index (Phi) is 2.98. The Balaban J connectivity index is 1.85. The third-order valence-corrected chi connectivity index (χ3v) is 3.69. The first-order valence-electron chi connectivity index (χ1n) is 5.44. The highest BCUT2D eigenvalue weighted by atomic mass is 35.5. The molecule has 0 radical (unpaired) electrons. The van der Waals surface area contributed by atoms with Crippen molar-refractivity contribution in [3.8, 4) is 0 Å². The zero-order chi connectivity index (χ0) is 10.9. The van der Waals surface area contributed by atoms with Crippen LogP contribution >= 0.6 is 11.6 Å². The van der Waals surface area contributed by atoms with Crippen LogP contribution in [0.2, 0.25) is 5.02 Å². The summed E-state index contributed by atoms with van der Waals surface area (Å²) in [6.07, 6.45) is 4.38. The smallest absolute Gasteiger partial charge is 0.0589 e. The topological polar surface area (TPSA) is 24.9 Å². The van der Waals surface area contributed by atoms with Gasteiger partial charge in [0.2, 0.25) is 0 Å². The minimum Gasteiger partial charge on any atom is -0.308 e. The number of halogens is 1. The van der Waals surface area contributed by atoms with Gasteiger partial charge < -0.3 is 5.32 Å². The monoisotopic (exact) mass is 224 g/mol. The SMILES string of the molecule is CC(NCc1ccc(Cl)cn1)C1(C)CC1. The van der Waals surface area contributed by atoms with Crippen molar-refractivity contribution in [2.75, 3.05) is 0 Å². The molecular formula is C12H17ClN2. The van der Waals surface area contributed by atoms with Crippen molar-refractivity contribution < 1.29 is 0 Å². The minimum atomic E-state index is 0.520. The van der Waals surface area contributed by atoms with Gasteiger partial charge in [0.05, 0.1) is 10.7 Å². The standard InChI is InChI=1S/C12H17ClN2/c1-9(12(2)5-6-12)14-8-11-4-3-10(13)7-15-11/h3-4,7,9,14H,5-6,8H2,1-2H3. The van der Waals surface area contributed by atoms with Crippen LogP contribution < -0.4 is 5.32 Å². The maximum Gasteiger partial charge on any atom is 0.0589 e. The van der Waals surface area contributed by atoms with E-state index in [2.05, 4.69) is 24.1 Å². The first-order valence-corrected chi connectivity index (χ1v) is 5.82. The molecule has 0 spiro atoms. The fraction of sp³-hybridized carbons (Fsp3) is 0.583. The normalized spacial score (nSPS) is 19.9. The number of hydrogen-bond donors (Lipinski definition) is 1. The van der Waals surface area contributed by atoms with E-state index in [0.29, 0.717) is 16.5 Å². The van der Waals surface area contributed by atoms with Gasteiger partial charge in [-0.1, -0.05) is 18.5 Å². The zero-order valence-electron chi connectivity index (χ0n) is 9.26. The van der Waals surface area contributed by atoms with Crippen molar-refractivity contribution in [2.24, 2.45) is 5.41 Å². The highest BCUT2D eigenvalue weighted by Crippen LogP contribution is 2.47. The van der Waals surface area contributed by atoms with Gasteiger partial charge in [-0.3, -0.25) is 4.98 Å². The quantitative estimate of drug-likeness (QED) is 0.851. The zero-order valence-corrected chi connectivity index (χ0v) is 10.0. The lowest BCUT2D eigenvalue weighted by molar-refractivity contribution is 0.378. The second-order valence-electron chi connectivity index (χ2n) is 4.72. The van der Waals surface area contributed by atoms with Gasteiger partial charge >= 0.3 is 0 Å². The molecule has 0 aliphatic heterocycles. The van der Waals surface area contributed by atoms with E-state index in [4.69, 9.17) is 11.6 Å². The number of rotatable bonds is 4. The first-order chi connectivity index (χ1) is 7.10. The number of hydrogen-bond acceptors (Lipinski definition) is 2. The van der Waals surface area contributed by atoms with E-state index in [1.165, 1.54) is 12.8 Å². The molecule has 1 atom stereocenters. The lowest BCUT2D eigenvalue weighted by Crippen LogP contribution is -2.32. The fourth-order valence-corrected chi connectivity index (χ4v) is 1.76. The molecule has 2 rings (SSSR count). The van der Waals surface area contributed by atoms with Crippen LogP contribution in [0, 0.1) is 5.41 Å². The number of nitrogens with zero attached hydrogens (tertiary/aromatic N) is 1. The Labute approximate surface area is 96.1 Å². The highest BCUT2D eigenvalue weighted by molar-refractivity contribution is 6.30. The highest BCUT2D eigenvalue weighted by Gasteiger charge is 2.42. The molecule has 1 fully saturated rings. The van der Waals surface area contributed by atoms with E-state index in [1.807, 2.05) is 12.1 Å². The minimum absolute atomic E-state index is 0.520. The Morgan fingerprint density at radius 2 is 2.27 bits per heavy atom. The summed E-state index contributed by atoms with van der Waals surface area (Å²) in [4.78, 5) is 4.26. The summed E-state index contributed by atoms with van der Waals surface area (Å²) in [5.74, 6) is 0. The van der Waals surface area contributed by atoms with Crippen LogP contribution in [0.25, 0.3) is 0 Å². The molecule has 1 aliphatic rings. The maximum absolute atomic E-state index is 5.77. The summed E-state index contributed by atoms with van der Waals surface area (Å²) in [6, 6.07) is 4.42. The van der Waals surface area contributed by atoms with Crippen LogP contribution in [0.3, 0.4) is 0 Å². The van der Waals surface area contributed by atoms with Gasteiger partial charge in [0.25, 0.3) is 0 Å². The molecule has 1 unspecified atom stereocenters. The van der Waals surface area contributed by atoms with E-state index in [-0.39, 0.29) is 0 Å². The Morgan fingerprint density at radius 3 is 2.80 bits per heavy atom.